The number of hydrogen-bond acceptors (Lipinski definition) is 3. The molecular formula is C13H22N2O3. The van der Waals surface area contributed by atoms with E-state index in [0.717, 1.165) is 19.5 Å². The van der Waals surface area contributed by atoms with Gasteiger partial charge in [0.05, 0.1) is 0 Å². The van der Waals surface area contributed by atoms with E-state index in [4.69, 9.17) is 5.11 Å². The summed E-state index contributed by atoms with van der Waals surface area (Å²) in [5.74, 6) is -0.697. The number of rotatable bonds is 5. The van der Waals surface area contributed by atoms with Gasteiger partial charge in [-0.05, 0) is 38.8 Å². The molecule has 5 heteroatoms. The van der Waals surface area contributed by atoms with Crippen LogP contribution in [0.15, 0.2) is 0 Å². The van der Waals surface area contributed by atoms with Crippen LogP contribution in [0.5, 0.6) is 0 Å². The van der Waals surface area contributed by atoms with Gasteiger partial charge in [-0.25, -0.2) is 0 Å². The minimum atomic E-state index is -0.820. The van der Waals surface area contributed by atoms with Crippen molar-refractivity contribution in [1.29, 1.82) is 0 Å². The van der Waals surface area contributed by atoms with E-state index in [9.17, 15) is 9.59 Å². The van der Waals surface area contributed by atoms with Gasteiger partial charge in [-0.15, -0.1) is 0 Å². The van der Waals surface area contributed by atoms with E-state index >= 15 is 0 Å². The zero-order valence-electron chi connectivity index (χ0n) is 10.8. The molecular weight excluding hydrogens is 232 g/mol. The van der Waals surface area contributed by atoms with Crippen LogP contribution < -0.4 is 0 Å². The molecule has 0 bridgehead atoms. The molecule has 2 aliphatic heterocycles. The quantitative estimate of drug-likeness (QED) is 0.793. The number of carbonyl (C=O) groups is 2. The number of carboxylic acids is 1. The van der Waals surface area contributed by atoms with Crippen LogP contribution >= 0.6 is 0 Å². The lowest BCUT2D eigenvalue weighted by molar-refractivity contribution is -0.137. The van der Waals surface area contributed by atoms with Gasteiger partial charge in [0.2, 0.25) is 5.91 Å². The number of aliphatic carboxylic acids is 1. The van der Waals surface area contributed by atoms with Crippen LogP contribution in [0.1, 0.15) is 38.5 Å². The Morgan fingerprint density at radius 3 is 2.50 bits per heavy atom. The van der Waals surface area contributed by atoms with E-state index in [1.54, 1.807) is 0 Å². The highest BCUT2D eigenvalue weighted by molar-refractivity contribution is 5.77. The second-order valence-corrected chi connectivity index (χ2v) is 5.27. The van der Waals surface area contributed by atoms with Crippen molar-refractivity contribution in [2.45, 2.75) is 44.6 Å². The first-order chi connectivity index (χ1) is 8.66. The van der Waals surface area contributed by atoms with Crippen molar-refractivity contribution in [3.63, 3.8) is 0 Å². The van der Waals surface area contributed by atoms with Crippen LogP contribution in [0.3, 0.4) is 0 Å². The van der Waals surface area contributed by atoms with E-state index in [-0.39, 0.29) is 12.3 Å². The second kappa shape index (κ2) is 6.18. The summed E-state index contributed by atoms with van der Waals surface area (Å²) in [6.07, 6.45) is 4.56. The molecule has 2 heterocycles. The van der Waals surface area contributed by atoms with Gasteiger partial charge in [0.1, 0.15) is 0 Å². The highest BCUT2D eigenvalue weighted by Gasteiger charge is 2.31. The standard InChI is InChI=1S/C13H22N2O3/c16-12(4-3-5-13(17)18)15-9-6-11(10-15)14-7-1-2-8-14/h11H,1-10H2,(H,17,18). The Kier molecular flexibility index (Phi) is 4.58. The lowest BCUT2D eigenvalue weighted by Crippen LogP contribution is -2.37. The SMILES string of the molecule is O=C(O)CCCC(=O)N1CCC(N2CCCC2)C1. The van der Waals surface area contributed by atoms with Gasteiger partial charge in [0.15, 0.2) is 0 Å². The lowest BCUT2D eigenvalue weighted by Gasteiger charge is -2.23. The van der Waals surface area contributed by atoms with Gasteiger partial charge in [-0.1, -0.05) is 0 Å². The summed E-state index contributed by atoms with van der Waals surface area (Å²) in [6, 6.07) is 0.538. The molecule has 2 aliphatic rings. The Hall–Kier alpha value is -1.10. The molecule has 2 fully saturated rings. The zero-order chi connectivity index (χ0) is 13.0. The first-order valence-electron chi connectivity index (χ1n) is 6.90. The molecule has 2 saturated heterocycles. The maximum absolute atomic E-state index is 11.9. The van der Waals surface area contributed by atoms with Crippen molar-refractivity contribution in [3.8, 4) is 0 Å². The van der Waals surface area contributed by atoms with Gasteiger partial charge >= 0.3 is 5.97 Å². The van der Waals surface area contributed by atoms with Gasteiger partial charge in [-0.2, -0.15) is 0 Å². The highest BCUT2D eigenvalue weighted by atomic mass is 16.4. The van der Waals surface area contributed by atoms with Gasteiger partial charge in [-0.3, -0.25) is 14.5 Å². The third-order valence-electron chi connectivity index (χ3n) is 3.95. The summed E-state index contributed by atoms with van der Waals surface area (Å²) in [4.78, 5) is 26.7. The third-order valence-corrected chi connectivity index (χ3v) is 3.95. The van der Waals surface area contributed by atoms with Crippen LogP contribution in [0.4, 0.5) is 0 Å². The van der Waals surface area contributed by atoms with E-state index in [2.05, 4.69) is 4.90 Å². The molecule has 0 aromatic rings. The monoisotopic (exact) mass is 254 g/mol. The van der Waals surface area contributed by atoms with E-state index in [1.807, 2.05) is 4.90 Å². The summed E-state index contributed by atoms with van der Waals surface area (Å²) < 4.78 is 0. The molecule has 102 valence electrons. The molecule has 5 nitrogen and oxygen atoms in total. The predicted molar refractivity (Wildman–Crippen MR) is 67.3 cm³/mol. The molecule has 0 radical (unpaired) electrons. The molecule has 1 atom stereocenters. The maximum Gasteiger partial charge on any atom is 0.303 e. The third kappa shape index (κ3) is 3.45. The fraction of sp³-hybridized carbons (Fsp3) is 0.846. The molecule has 1 amide bonds. The van der Waals surface area contributed by atoms with Gasteiger partial charge in [0.25, 0.3) is 0 Å². The highest BCUT2D eigenvalue weighted by Crippen LogP contribution is 2.21. The number of carbonyl (C=O) groups excluding carboxylic acids is 1. The Balaban J connectivity index is 1.70. The predicted octanol–water partition coefficient (Wildman–Crippen LogP) is 0.938. The van der Waals surface area contributed by atoms with Gasteiger partial charge < -0.3 is 10.0 Å². The summed E-state index contributed by atoms with van der Waals surface area (Å²) in [7, 11) is 0. The van der Waals surface area contributed by atoms with Crippen molar-refractivity contribution in [2.75, 3.05) is 26.2 Å². The molecule has 0 aromatic carbocycles. The van der Waals surface area contributed by atoms with Crippen LogP contribution in [0.2, 0.25) is 0 Å². The summed E-state index contributed by atoms with van der Waals surface area (Å²) in [5, 5.41) is 8.55. The average molecular weight is 254 g/mol. The van der Waals surface area contributed by atoms with Crippen molar-refractivity contribution in [3.05, 3.63) is 0 Å². The van der Waals surface area contributed by atoms with Crippen molar-refractivity contribution in [2.24, 2.45) is 0 Å². The maximum atomic E-state index is 11.9. The van der Waals surface area contributed by atoms with Crippen LogP contribution in [-0.4, -0.2) is 59.0 Å². The van der Waals surface area contributed by atoms with Crippen molar-refractivity contribution in [1.82, 2.24) is 9.80 Å². The Labute approximate surface area is 108 Å². The molecule has 0 spiro atoms. The summed E-state index contributed by atoms with van der Waals surface area (Å²) in [5.41, 5.74) is 0. The Bertz CT molecular complexity index is 313. The van der Waals surface area contributed by atoms with Crippen molar-refractivity contribution >= 4 is 11.9 Å². The molecule has 1 unspecified atom stereocenters. The summed E-state index contributed by atoms with van der Waals surface area (Å²) >= 11 is 0. The zero-order valence-corrected chi connectivity index (χ0v) is 10.8. The van der Waals surface area contributed by atoms with E-state index in [0.29, 0.717) is 18.9 Å². The summed E-state index contributed by atoms with van der Waals surface area (Å²) in [6.45, 7) is 4.02. The lowest BCUT2D eigenvalue weighted by atomic mass is 10.2. The Morgan fingerprint density at radius 2 is 1.83 bits per heavy atom. The minimum absolute atomic E-state index is 0.0924. The fourth-order valence-electron chi connectivity index (χ4n) is 2.92. The molecule has 0 aromatic heterocycles. The van der Waals surface area contributed by atoms with Crippen LogP contribution in [-0.2, 0) is 9.59 Å². The Morgan fingerprint density at radius 1 is 1.11 bits per heavy atom. The minimum Gasteiger partial charge on any atom is -0.481 e. The molecule has 18 heavy (non-hydrogen) atoms. The number of likely N-dealkylation sites (tertiary alicyclic amines) is 2. The molecule has 0 saturated carbocycles. The molecule has 2 rings (SSSR count). The smallest absolute Gasteiger partial charge is 0.303 e. The van der Waals surface area contributed by atoms with Crippen LogP contribution in [0, 0.1) is 0 Å². The topological polar surface area (TPSA) is 60.9 Å². The largest absolute Gasteiger partial charge is 0.481 e. The first-order valence-corrected chi connectivity index (χ1v) is 6.90. The van der Waals surface area contributed by atoms with Crippen LogP contribution in [0.25, 0.3) is 0 Å². The number of nitrogens with zero attached hydrogens (tertiary/aromatic N) is 2. The normalized spacial score (nSPS) is 24.7. The average Bonchev–Trinajstić information content (AvgIpc) is 2.99. The number of hydrogen-bond donors (Lipinski definition) is 1. The first kappa shape index (κ1) is 13.3. The number of carboxylic acid groups (broad SMARTS) is 1. The van der Waals surface area contributed by atoms with E-state index in [1.165, 1.54) is 25.9 Å². The van der Waals surface area contributed by atoms with Gasteiger partial charge in [0, 0.05) is 32.0 Å². The number of amides is 1. The molecule has 0 aliphatic carbocycles. The molecule has 1 N–H and O–H groups in total. The second-order valence-electron chi connectivity index (χ2n) is 5.27. The van der Waals surface area contributed by atoms with E-state index < -0.39 is 5.97 Å². The fourth-order valence-corrected chi connectivity index (χ4v) is 2.92. The van der Waals surface area contributed by atoms with Crippen molar-refractivity contribution < 1.29 is 14.7 Å².